The van der Waals surface area contributed by atoms with Gasteiger partial charge < -0.3 is 24.8 Å². The molecule has 37 heavy (non-hydrogen) atoms. The van der Waals surface area contributed by atoms with Crippen LogP contribution in [0.2, 0.25) is 0 Å². The summed E-state index contributed by atoms with van der Waals surface area (Å²) in [6.45, 7) is 0.198. The summed E-state index contributed by atoms with van der Waals surface area (Å²) >= 11 is 0. The van der Waals surface area contributed by atoms with Crippen molar-refractivity contribution >= 4 is 21.8 Å². The van der Waals surface area contributed by atoms with Gasteiger partial charge in [-0.15, -0.1) is 0 Å². The van der Waals surface area contributed by atoms with E-state index in [4.69, 9.17) is 14.2 Å². The van der Waals surface area contributed by atoms with Gasteiger partial charge in [-0.05, 0) is 67.5 Å². The van der Waals surface area contributed by atoms with Crippen molar-refractivity contribution in [3.8, 4) is 17.2 Å². The van der Waals surface area contributed by atoms with Crippen molar-refractivity contribution in [1.29, 1.82) is 0 Å². The molecule has 1 heterocycles. The van der Waals surface area contributed by atoms with Gasteiger partial charge >= 0.3 is 0 Å². The van der Waals surface area contributed by atoms with Gasteiger partial charge in [0.15, 0.2) is 0 Å². The highest BCUT2D eigenvalue weighted by Crippen LogP contribution is 2.35. The number of hydrogen-bond acceptors (Lipinski definition) is 7. The number of carbonyl (C=O) groups excluding carboxylic acids is 2. The Bertz CT molecular complexity index is 1260. The Hall–Kier alpha value is -3.31. The van der Waals surface area contributed by atoms with Gasteiger partial charge in [0.25, 0.3) is 5.91 Å². The molecular weight excluding hydrogens is 498 g/mol. The molecule has 0 spiro atoms. The van der Waals surface area contributed by atoms with Crippen molar-refractivity contribution < 1.29 is 32.2 Å². The standard InChI is InChI=1S/C26H33N3O7S/c1-34-18-8-9-21-23(16-18)36-15-13-27-25(30)17-29(14-5-12-28-26(21)31)37(32,33)24-11-10-22(35-2)19-6-3-4-7-20(19)24/h8-11,16H,3-7,12-15,17H2,1-2H3,(H,27,30)(H,28,31). The molecule has 2 N–H and O–H groups in total. The molecule has 0 fully saturated rings. The number of nitrogens with one attached hydrogen (secondary N) is 2. The maximum Gasteiger partial charge on any atom is 0.255 e. The maximum absolute atomic E-state index is 13.8. The molecule has 4 rings (SSSR count). The van der Waals surface area contributed by atoms with Gasteiger partial charge in [-0.1, -0.05) is 0 Å². The molecule has 200 valence electrons. The first-order valence-corrected chi connectivity index (χ1v) is 13.8. The Morgan fingerprint density at radius 3 is 2.46 bits per heavy atom. The average molecular weight is 532 g/mol. The van der Waals surface area contributed by atoms with Crippen molar-refractivity contribution in [2.75, 3.05) is 47.0 Å². The lowest BCUT2D eigenvalue weighted by Gasteiger charge is -2.27. The van der Waals surface area contributed by atoms with Crippen LogP contribution in [-0.4, -0.2) is 71.5 Å². The molecule has 11 heteroatoms. The van der Waals surface area contributed by atoms with E-state index in [-0.39, 0.29) is 43.6 Å². The highest BCUT2D eigenvalue weighted by atomic mass is 32.2. The summed E-state index contributed by atoms with van der Waals surface area (Å²) in [5, 5.41) is 5.54. The number of amides is 2. The first kappa shape index (κ1) is 26.7. The van der Waals surface area contributed by atoms with E-state index in [1.807, 2.05) is 0 Å². The zero-order valence-electron chi connectivity index (χ0n) is 21.2. The molecule has 2 aromatic rings. The van der Waals surface area contributed by atoms with Crippen LogP contribution in [0.15, 0.2) is 35.2 Å². The molecule has 2 amide bonds. The Morgan fingerprint density at radius 2 is 1.70 bits per heavy atom. The van der Waals surface area contributed by atoms with Crippen LogP contribution in [0.5, 0.6) is 17.2 Å². The third kappa shape index (κ3) is 5.99. The minimum absolute atomic E-state index is 0.0722. The lowest BCUT2D eigenvalue weighted by molar-refractivity contribution is -0.121. The van der Waals surface area contributed by atoms with Crippen LogP contribution in [0.3, 0.4) is 0 Å². The highest BCUT2D eigenvalue weighted by Gasteiger charge is 2.31. The summed E-state index contributed by atoms with van der Waals surface area (Å²) < 4.78 is 45.3. The van der Waals surface area contributed by atoms with E-state index < -0.39 is 15.9 Å². The molecule has 1 aliphatic heterocycles. The maximum atomic E-state index is 13.8. The first-order valence-electron chi connectivity index (χ1n) is 12.4. The van der Waals surface area contributed by atoms with Gasteiger partial charge in [0.05, 0.1) is 37.8 Å². The van der Waals surface area contributed by atoms with Crippen LogP contribution >= 0.6 is 0 Å². The average Bonchev–Trinajstić information content (AvgIpc) is 2.91. The predicted octanol–water partition coefficient (Wildman–Crippen LogP) is 1.90. The van der Waals surface area contributed by atoms with Gasteiger partial charge in [0.2, 0.25) is 15.9 Å². The molecular formula is C26H33N3O7S. The van der Waals surface area contributed by atoms with Gasteiger partial charge in [0, 0.05) is 19.2 Å². The van der Waals surface area contributed by atoms with E-state index in [0.717, 1.165) is 30.4 Å². The molecule has 0 unspecified atom stereocenters. The van der Waals surface area contributed by atoms with E-state index in [2.05, 4.69) is 10.6 Å². The molecule has 10 nitrogen and oxygen atoms in total. The Balaban J connectivity index is 1.58. The van der Waals surface area contributed by atoms with Crippen LogP contribution in [0.1, 0.15) is 40.7 Å². The molecule has 2 aromatic carbocycles. The summed E-state index contributed by atoms with van der Waals surface area (Å²) in [6.07, 6.45) is 3.57. The second-order valence-electron chi connectivity index (χ2n) is 8.94. The van der Waals surface area contributed by atoms with Crippen molar-refractivity contribution in [2.45, 2.75) is 37.0 Å². The number of rotatable bonds is 4. The first-order chi connectivity index (χ1) is 17.8. The fourth-order valence-electron chi connectivity index (χ4n) is 4.71. The topological polar surface area (TPSA) is 123 Å². The molecule has 1 aliphatic carbocycles. The predicted molar refractivity (Wildman–Crippen MR) is 137 cm³/mol. The van der Waals surface area contributed by atoms with E-state index in [1.54, 1.807) is 37.4 Å². The highest BCUT2D eigenvalue weighted by molar-refractivity contribution is 7.89. The number of hydrogen-bond donors (Lipinski definition) is 2. The fourth-order valence-corrected chi connectivity index (χ4v) is 6.43. The SMILES string of the molecule is COc1ccc2c(c1)OCCNC(=O)CN(S(=O)(=O)c1ccc(OC)c3c1CCCC3)CCCNC2=O. The normalized spacial score (nSPS) is 17.8. The lowest BCUT2D eigenvalue weighted by Crippen LogP contribution is -2.43. The third-order valence-electron chi connectivity index (χ3n) is 6.59. The Kier molecular flexibility index (Phi) is 8.55. The van der Waals surface area contributed by atoms with Crippen LogP contribution in [0.25, 0.3) is 0 Å². The largest absolute Gasteiger partial charge is 0.497 e. The number of nitrogens with zero attached hydrogens (tertiary/aromatic N) is 1. The quantitative estimate of drug-likeness (QED) is 0.618. The van der Waals surface area contributed by atoms with Crippen molar-refractivity contribution in [2.24, 2.45) is 0 Å². The minimum atomic E-state index is -3.98. The molecule has 0 radical (unpaired) electrons. The summed E-state index contributed by atoms with van der Waals surface area (Å²) in [5.41, 5.74) is 2.01. The van der Waals surface area contributed by atoms with E-state index in [9.17, 15) is 18.0 Å². The van der Waals surface area contributed by atoms with Crippen molar-refractivity contribution in [1.82, 2.24) is 14.9 Å². The molecule has 2 aliphatic rings. The van der Waals surface area contributed by atoms with E-state index in [1.165, 1.54) is 11.4 Å². The molecule has 0 atom stereocenters. The van der Waals surface area contributed by atoms with Crippen molar-refractivity contribution in [3.05, 3.63) is 47.0 Å². The molecule has 0 aromatic heterocycles. The summed E-state index contributed by atoms with van der Waals surface area (Å²) in [4.78, 5) is 25.8. The van der Waals surface area contributed by atoms with Gasteiger partial charge in [-0.2, -0.15) is 4.31 Å². The fraction of sp³-hybridized carbons (Fsp3) is 0.462. The molecule has 0 saturated heterocycles. The van der Waals surface area contributed by atoms with Gasteiger partial charge in [0.1, 0.15) is 23.9 Å². The zero-order chi connectivity index (χ0) is 26.4. The zero-order valence-corrected chi connectivity index (χ0v) is 22.0. The van der Waals surface area contributed by atoms with Crippen LogP contribution in [0.4, 0.5) is 0 Å². The minimum Gasteiger partial charge on any atom is -0.497 e. The number of methoxy groups -OCH3 is 2. The van der Waals surface area contributed by atoms with E-state index in [0.29, 0.717) is 35.7 Å². The second kappa shape index (κ2) is 11.8. The van der Waals surface area contributed by atoms with E-state index >= 15 is 0 Å². The number of fused-ring (bicyclic) bond motifs is 2. The second-order valence-corrected chi connectivity index (χ2v) is 10.8. The Morgan fingerprint density at radius 1 is 0.919 bits per heavy atom. The number of sulfonamides is 1. The summed E-state index contributed by atoms with van der Waals surface area (Å²) in [5.74, 6) is 0.807. The van der Waals surface area contributed by atoms with Gasteiger partial charge in [-0.25, -0.2) is 8.42 Å². The third-order valence-corrected chi connectivity index (χ3v) is 8.52. The Labute approximate surface area is 217 Å². The van der Waals surface area contributed by atoms with Crippen LogP contribution in [0, 0.1) is 0 Å². The smallest absolute Gasteiger partial charge is 0.255 e. The van der Waals surface area contributed by atoms with Crippen molar-refractivity contribution in [3.63, 3.8) is 0 Å². The number of carbonyl (C=O) groups is 2. The summed E-state index contributed by atoms with van der Waals surface area (Å²) in [7, 11) is -0.877. The van der Waals surface area contributed by atoms with Crippen LogP contribution in [-0.2, 0) is 27.7 Å². The monoisotopic (exact) mass is 531 g/mol. The summed E-state index contributed by atoms with van der Waals surface area (Å²) in [6, 6.07) is 8.15. The number of ether oxygens (including phenoxy) is 3. The molecule has 0 bridgehead atoms. The molecule has 0 saturated carbocycles. The van der Waals surface area contributed by atoms with Crippen LogP contribution < -0.4 is 24.8 Å². The number of benzene rings is 2. The lowest BCUT2D eigenvalue weighted by atomic mass is 9.91. The van der Waals surface area contributed by atoms with Gasteiger partial charge in [-0.3, -0.25) is 9.59 Å².